The zero-order valence-electron chi connectivity index (χ0n) is 15.8. The van der Waals surface area contributed by atoms with E-state index < -0.39 is 0 Å². The van der Waals surface area contributed by atoms with Crippen LogP contribution in [0.15, 0.2) is 0 Å². The van der Waals surface area contributed by atoms with E-state index in [1.54, 1.807) is 0 Å². The van der Waals surface area contributed by atoms with E-state index in [0.717, 1.165) is 13.0 Å². The summed E-state index contributed by atoms with van der Waals surface area (Å²) in [5.41, 5.74) is 0. The molecule has 3 fully saturated rings. The van der Waals surface area contributed by atoms with Crippen LogP contribution >= 0.6 is 0 Å². The molecule has 2 saturated heterocycles. The van der Waals surface area contributed by atoms with E-state index in [0.29, 0.717) is 24.0 Å². The molecule has 3 aliphatic rings. The minimum atomic E-state index is 0.226. The van der Waals surface area contributed by atoms with Crippen LogP contribution in [-0.2, 0) is 4.79 Å². The largest absolute Gasteiger partial charge is 0.353 e. The maximum atomic E-state index is 12.7. The van der Waals surface area contributed by atoms with Crippen molar-refractivity contribution in [3.05, 3.63) is 0 Å². The number of amides is 1. The first-order chi connectivity index (χ1) is 11.6. The van der Waals surface area contributed by atoms with E-state index in [2.05, 4.69) is 29.0 Å². The summed E-state index contributed by atoms with van der Waals surface area (Å²) in [5.74, 6) is 0.565. The lowest BCUT2D eigenvalue weighted by Crippen LogP contribution is -2.52. The molecule has 138 valence electrons. The minimum Gasteiger partial charge on any atom is -0.353 e. The molecule has 1 saturated carbocycles. The van der Waals surface area contributed by atoms with Gasteiger partial charge in [-0.2, -0.15) is 0 Å². The van der Waals surface area contributed by atoms with Crippen LogP contribution in [0.1, 0.15) is 71.6 Å². The van der Waals surface area contributed by atoms with Crippen molar-refractivity contribution in [3.8, 4) is 0 Å². The van der Waals surface area contributed by atoms with Crippen LogP contribution in [0.2, 0.25) is 0 Å². The van der Waals surface area contributed by atoms with Crippen LogP contribution in [0.5, 0.6) is 0 Å². The summed E-state index contributed by atoms with van der Waals surface area (Å²) in [5, 5.41) is 3.36. The summed E-state index contributed by atoms with van der Waals surface area (Å²) in [6.45, 7) is 9.22. The van der Waals surface area contributed by atoms with Gasteiger partial charge in [-0.25, -0.2) is 0 Å². The highest BCUT2D eigenvalue weighted by atomic mass is 16.2. The predicted molar refractivity (Wildman–Crippen MR) is 99.0 cm³/mol. The molecule has 0 unspecified atom stereocenters. The van der Waals surface area contributed by atoms with E-state index >= 15 is 0 Å². The second-order valence-electron chi connectivity index (χ2n) is 8.54. The first-order valence-corrected chi connectivity index (χ1v) is 10.4. The molecule has 24 heavy (non-hydrogen) atoms. The van der Waals surface area contributed by atoms with Gasteiger partial charge in [0, 0.05) is 24.7 Å². The molecule has 0 aromatic carbocycles. The van der Waals surface area contributed by atoms with Crippen LogP contribution in [-0.4, -0.2) is 60.0 Å². The maximum absolute atomic E-state index is 12.7. The zero-order chi connectivity index (χ0) is 16.9. The van der Waals surface area contributed by atoms with E-state index in [1.165, 1.54) is 71.0 Å². The normalized spacial score (nSPS) is 29.0. The number of nitrogens with zero attached hydrogens (tertiary/aromatic N) is 2. The Morgan fingerprint density at radius 3 is 2.29 bits per heavy atom. The van der Waals surface area contributed by atoms with Crippen molar-refractivity contribution in [1.82, 2.24) is 15.1 Å². The number of rotatable bonds is 4. The Morgan fingerprint density at radius 2 is 1.62 bits per heavy atom. The van der Waals surface area contributed by atoms with Gasteiger partial charge in [-0.1, -0.05) is 19.3 Å². The smallest absolute Gasteiger partial charge is 0.224 e. The molecular weight excluding hydrogens is 298 g/mol. The molecule has 1 atom stereocenters. The Bertz CT molecular complexity index is 398. The number of carbonyl (C=O) groups excluding carboxylic acids is 1. The molecule has 2 aliphatic heterocycles. The van der Waals surface area contributed by atoms with Crippen molar-refractivity contribution < 1.29 is 4.79 Å². The fourth-order valence-electron chi connectivity index (χ4n) is 4.89. The third-order valence-electron chi connectivity index (χ3n) is 6.52. The standard InChI is InChI=1S/C20H37N3O/c1-16(2)22-13-10-19(11-14-22)23-12-6-7-17(15-23)20(24)21-18-8-4-3-5-9-18/h16-19H,3-15H2,1-2H3,(H,21,24)/t17-/m1/s1. The Hall–Kier alpha value is -0.610. The third-order valence-corrected chi connectivity index (χ3v) is 6.52. The van der Waals surface area contributed by atoms with Crippen LogP contribution in [0.3, 0.4) is 0 Å². The first-order valence-electron chi connectivity index (χ1n) is 10.4. The van der Waals surface area contributed by atoms with Crippen LogP contribution in [0, 0.1) is 5.92 Å². The number of hydrogen-bond donors (Lipinski definition) is 1. The Kier molecular flexibility index (Phi) is 6.56. The van der Waals surface area contributed by atoms with Crippen LogP contribution in [0.4, 0.5) is 0 Å². The fourth-order valence-corrected chi connectivity index (χ4v) is 4.89. The molecule has 0 aromatic rings. The average molecular weight is 336 g/mol. The Morgan fingerprint density at radius 1 is 0.917 bits per heavy atom. The van der Waals surface area contributed by atoms with Gasteiger partial charge in [0.1, 0.15) is 0 Å². The lowest BCUT2D eigenvalue weighted by atomic mass is 9.91. The lowest BCUT2D eigenvalue weighted by molar-refractivity contribution is -0.128. The molecular formula is C20H37N3O. The summed E-state index contributed by atoms with van der Waals surface area (Å²) >= 11 is 0. The predicted octanol–water partition coefficient (Wildman–Crippen LogP) is 3.02. The maximum Gasteiger partial charge on any atom is 0.224 e. The Balaban J connectivity index is 1.46. The van der Waals surface area contributed by atoms with Gasteiger partial charge < -0.3 is 10.2 Å². The van der Waals surface area contributed by atoms with E-state index in [-0.39, 0.29) is 5.92 Å². The van der Waals surface area contributed by atoms with Crippen LogP contribution < -0.4 is 5.32 Å². The monoisotopic (exact) mass is 335 g/mol. The van der Waals surface area contributed by atoms with Crippen molar-refractivity contribution in [2.75, 3.05) is 26.2 Å². The van der Waals surface area contributed by atoms with Crippen LogP contribution in [0.25, 0.3) is 0 Å². The Labute approximate surface area is 148 Å². The van der Waals surface area contributed by atoms with E-state index in [4.69, 9.17) is 0 Å². The topological polar surface area (TPSA) is 35.6 Å². The summed E-state index contributed by atoms with van der Waals surface area (Å²) in [7, 11) is 0. The molecule has 1 amide bonds. The van der Waals surface area contributed by atoms with Gasteiger partial charge in [0.05, 0.1) is 5.92 Å². The zero-order valence-corrected chi connectivity index (χ0v) is 15.8. The second-order valence-corrected chi connectivity index (χ2v) is 8.54. The van der Waals surface area contributed by atoms with Gasteiger partial charge in [0.15, 0.2) is 0 Å². The second kappa shape index (κ2) is 8.66. The number of piperidine rings is 2. The van der Waals surface area contributed by atoms with Crippen molar-refractivity contribution in [2.45, 2.75) is 89.8 Å². The molecule has 3 rings (SSSR count). The van der Waals surface area contributed by atoms with Crippen molar-refractivity contribution in [1.29, 1.82) is 0 Å². The van der Waals surface area contributed by atoms with Gasteiger partial charge in [-0.15, -0.1) is 0 Å². The average Bonchev–Trinajstić information content (AvgIpc) is 2.63. The first kappa shape index (κ1) is 18.2. The molecule has 1 N–H and O–H groups in total. The summed E-state index contributed by atoms with van der Waals surface area (Å²) < 4.78 is 0. The highest BCUT2D eigenvalue weighted by Gasteiger charge is 2.32. The van der Waals surface area contributed by atoms with Crippen molar-refractivity contribution in [2.24, 2.45) is 5.92 Å². The van der Waals surface area contributed by atoms with Gasteiger partial charge in [-0.05, 0) is 72.0 Å². The molecule has 4 nitrogen and oxygen atoms in total. The van der Waals surface area contributed by atoms with Gasteiger partial charge in [0.25, 0.3) is 0 Å². The number of likely N-dealkylation sites (tertiary alicyclic amines) is 2. The lowest BCUT2D eigenvalue weighted by Gasteiger charge is -2.43. The van der Waals surface area contributed by atoms with Crippen molar-refractivity contribution in [3.63, 3.8) is 0 Å². The number of carbonyl (C=O) groups is 1. The molecule has 1 aliphatic carbocycles. The molecule has 0 spiro atoms. The SMILES string of the molecule is CC(C)N1CCC(N2CCC[C@@H](C(=O)NC3CCCCC3)C2)CC1. The third kappa shape index (κ3) is 4.72. The number of nitrogens with one attached hydrogen (secondary N) is 1. The molecule has 4 heteroatoms. The quantitative estimate of drug-likeness (QED) is 0.858. The minimum absolute atomic E-state index is 0.226. The summed E-state index contributed by atoms with van der Waals surface area (Å²) in [6.07, 6.45) is 11.1. The van der Waals surface area contributed by atoms with Gasteiger partial charge in [-0.3, -0.25) is 9.69 Å². The molecule has 2 heterocycles. The number of hydrogen-bond acceptors (Lipinski definition) is 3. The van der Waals surface area contributed by atoms with Crippen molar-refractivity contribution >= 4 is 5.91 Å². The molecule has 0 radical (unpaired) electrons. The highest BCUT2D eigenvalue weighted by molar-refractivity contribution is 5.79. The highest BCUT2D eigenvalue weighted by Crippen LogP contribution is 2.25. The van der Waals surface area contributed by atoms with Gasteiger partial charge >= 0.3 is 0 Å². The van der Waals surface area contributed by atoms with E-state index in [9.17, 15) is 4.79 Å². The summed E-state index contributed by atoms with van der Waals surface area (Å²) in [4.78, 5) is 17.9. The molecule has 0 aromatic heterocycles. The molecule has 0 bridgehead atoms. The van der Waals surface area contributed by atoms with E-state index in [1.807, 2.05) is 0 Å². The fraction of sp³-hybridized carbons (Fsp3) is 0.950. The van der Waals surface area contributed by atoms with Gasteiger partial charge in [0.2, 0.25) is 5.91 Å². The summed E-state index contributed by atoms with van der Waals surface area (Å²) in [6, 6.07) is 1.82.